The predicted molar refractivity (Wildman–Crippen MR) is 109 cm³/mol. The van der Waals surface area contributed by atoms with E-state index >= 15 is 0 Å². The minimum absolute atomic E-state index is 0.0190. The lowest BCUT2D eigenvalue weighted by Gasteiger charge is -2.04. The number of benzene rings is 2. The maximum Gasteiger partial charge on any atom is 0.343 e. The van der Waals surface area contributed by atoms with Crippen molar-refractivity contribution in [1.82, 2.24) is 14.9 Å². The highest BCUT2D eigenvalue weighted by Gasteiger charge is 2.22. The lowest BCUT2D eigenvalue weighted by molar-refractivity contribution is 0.0463. The minimum atomic E-state index is -0.545. The largest absolute Gasteiger partial charge is 0.455 e. The number of ether oxygens (including phenoxy) is 1. The van der Waals surface area contributed by atoms with Crippen LogP contribution in [0.4, 0.5) is 0 Å². The van der Waals surface area contributed by atoms with Crippen LogP contribution in [0.3, 0.4) is 0 Å². The summed E-state index contributed by atoms with van der Waals surface area (Å²) in [4.78, 5) is 12.6. The first-order valence-electron chi connectivity index (χ1n) is 9.07. The molecule has 0 bridgehead atoms. The zero-order chi connectivity index (χ0) is 20.2. The van der Waals surface area contributed by atoms with Gasteiger partial charge in [0.05, 0.1) is 12.2 Å². The van der Waals surface area contributed by atoms with E-state index in [9.17, 15) is 4.79 Å². The molecule has 0 amide bonds. The molecule has 0 aliphatic rings. The molecule has 2 aromatic heterocycles. The Morgan fingerprint density at radius 1 is 1.10 bits per heavy atom. The molecular formula is C22H18ClN3O3. The van der Waals surface area contributed by atoms with Gasteiger partial charge in [-0.15, -0.1) is 0 Å². The van der Waals surface area contributed by atoms with Crippen LogP contribution in [0, 0.1) is 6.92 Å². The third-order valence-electron chi connectivity index (χ3n) is 4.41. The second-order valence-corrected chi connectivity index (χ2v) is 6.88. The Morgan fingerprint density at radius 2 is 1.79 bits per heavy atom. The molecule has 4 aromatic rings. The van der Waals surface area contributed by atoms with Crippen LogP contribution in [-0.2, 0) is 17.9 Å². The van der Waals surface area contributed by atoms with Gasteiger partial charge in [0.2, 0.25) is 0 Å². The van der Waals surface area contributed by atoms with Gasteiger partial charge in [-0.3, -0.25) is 0 Å². The fourth-order valence-electron chi connectivity index (χ4n) is 2.98. The van der Waals surface area contributed by atoms with Gasteiger partial charge >= 0.3 is 5.97 Å². The molecule has 0 aliphatic heterocycles. The van der Waals surface area contributed by atoms with E-state index in [0.717, 1.165) is 11.1 Å². The molecule has 0 fully saturated rings. The van der Waals surface area contributed by atoms with Crippen molar-refractivity contribution in [2.75, 3.05) is 0 Å². The van der Waals surface area contributed by atoms with Crippen molar-refractivity contribution < 1.29 is 14.1 Å². The summed E-state index contributed by atoms with van der Waals surface area (Å²) < 4.78 is 12.3. The number of halogens is 1. The molecule has 4 rings (SSSR count). The molecule has 6 nitrogen and oxygen atoms in total. The van der Waals surface area contributed by atoms with Gasteiger partial charge in [-0.25, -0.2) is 9.48 Å². The molecule has 146 valence electrons. The van der Waals surface area contributed by atoms with Crippen molar-refractivity contribution in [3.8, 4) is 11.3 Å². The highest BCUT2D eigenvalue weighted by atomic mass is 35.5. The van der Waals surface area contributed by atoms with Crippen molar-refractivity contribution in [1.29, 1.82) is 0 Å². The Labute approximate surface area is 172 Å². The van der Waals surface area contributed by atoms with E-state index in [0.29, 0.717) is 23.7 Å². The fraction of sp³-hybridized carbons (Fsp3) is 0.136. The summed E-state index contributed by atoms with van der Waals surface area (Å²) in [5.41, 5.74) is 3.23. The molecule has 0 unspecified atom stereocenters. The molecule has 0 atom stereocenters. The number of carbonyl (C=O) groups excluding carboxylic acids is 1. The predicted octanol–water partition coefficient (Wildman–Crippen LogP) is 4.91. The fourth-order valence-corrected chi connectivity index (χ4v) is 3.29. The van der Waals surface area contributed by atoms with Crippen LogP contribution in [0.25, 0.3) is 11.3 Å². The van der Waals surface area contributed by atoms with Crippen LogP contribution in [0.15, 0.2) is 71.3 Å². The summed E-state index contributed by atoms with van der Waals surface area (Å²) in [5, 5.41) is 8.58. The van der Waals surface area contributed by atoms with Crippen LogP contribution >= 0.6 is 11.6 Å². The van der Waals surface area contributed by atoms with Crippen LogP contribution in [-0.4, -0.2) is 20.9 Å². The molecule has 0 saturated carbocycles. The van der Waals surface area contributed by atoms with E-state index in [4.69, 9.17) is 20.9 Å². The first kappa shape index (κ1) is 19.0. The van der Waals surface area contributed by atoms with E-state index in [1.807, 2.05) is 60.7 Å². The summed E-state index contributed by atoms with van der Waals surface area (Å²) in [6.07, 6.45) is 0. The number of hydrogen-bond acceptors (Lipinski definition) is 5. The first-order chi connectivity index (χ1) is 14.1. The quantitative estimate of drug-likeness (QED) is 0.425. The molecule has 0 saturated heterocycles. The SMILES string of the molecule is Cc1nn(Cc2ccccc2)c(Cl)c1C(=O)OCc1cc(-c2ccccc2)on1. The van der Waals surface area contributed by atoms with Gasteiger partial charge in [0, 0.05) is 11.6 Å². The topological polar surface area (TPSA) is 70.2 Å². The third kappa shape index (κ3) is 4.22. The van der Waals surface area contributed by atoms with E-state index in [2.05, 4.69) is 10.3 Å². The Morgan fingerprint density at radius 3 is 2.52 bits per heavy atom. The Kier molecular flexibility index (Phi) is 5.44. The lowest BCUT2D eigenvalue weighted by atomic mass is 10.2. The number of nitrogens with zero attached hydrogens (tertiary/aromatic N) is 3. The van der Waals surface area contributed by atoms with Crippen molar-refractivity contribution in [2.24, 2.45) is 0 Å². The van der Waals surface area contributed by atoms with Gasteiger partial charge in [-0.05, 0) is 12.5 Å². The zero-order valence-corrected chi connectivity index (χ0v) is 16.5. The van der Waals surface area contributed by atoms with E-state index in [1.54, 1.807) is 17.7 Å². The van der Waals surface area contributed by atoms with Crippen LogP contribution in [0.2, 0.25) is 5.15 Å². The number of aryl methyl sites for hydroxylation is 1. The lowest BCUT2D eigenvalue weighted by Crippen LogP contribution is -2.07. The summed E-state index contributed by atoms with van der Waals surface area (Å²) in [6.45, 7) is 2.18. The molecule has 7 heteroatoms. The second kappa shape index (κ2) is 8.32. The van der Waals surface area contributed by atoms with Crippen molar-refractivity contribution in [3.05, 3.63) is 94.4 Å². The van der Waals surface area contributed by atoms with Gasteiger partial charge in [0.1, 0.15) is 23.0 Å². The molecule has 0 spiro atoms. The van der Waals surface area contributed by atoms with Gasteiger partial charge in [0.25, 0.3) is 0 Å². The Bertz CT molecular complexity index is 1120. The van der Waals surface area contributed by atoms with E-state index < -0.39 is 5.97 Å². The third-order valence-corrected chi connectivity index (χ3v) is 4.80. The monoisotopic (exact) mass is 407 g/mol. The van der Waals surface area contributed by atoms with Crippen LogP contribution in [0.1, 0.15) is 27.3 Å². The molecule has 0 aliphatic carbocycles. The summed E-state index contributed by atoms with van der Waals surface area (Å²) in [6, 6.07) is 21.1. The molecule has 29 heavy (non-hydrogen) atoms. The maximum atomic E-state index is 12.6. The number of esters is 1. The number of carbonyl (C=O) groups is 1. The van der Waals surface area contributed by atoms with Crippen molar-refractivity contribution in [2.45, 2.75) is 20.1 Å². The highest BCUT2D eigenvalue weighted by Crippen LogP contribution is 2.23. The second-order valence-electron chi connectivity index (χ2n) is 6.52. The highest BCUT2D eigenvalue weighted by molar-refractivity contribution is 6.32. The average molecular weight is 408 g/mol. The Balaban J connectivity index is 1.45. The number of rotatable bonds is 6. The summed E-state index contributed by atoms with van der Waals surface area (Å²) in [5.74, 6) is 0.0672. The smallest absolute Gasteiger partial charge is 0.343 e. The van der Waals surface area contributed by atoms with Gasteiger partial charge in [-0.1, -0.05) is 77.4 Å². The molecule has 2 aromatic carbocycles. The molecular weight excluding hydrogens is 390 g/mol. The van der Waals surface area contributed by atoms with Crippen LogP contribution < -0.4 is 0 Å². The summed E-state index contributed by atoms with van der Waals surface area (Å²) in [7, 11) is 0. The minimum Gasteiger partial charge on any atom is -0.455 e. The summed E-state index contributed by atoms with van der Waals surface area (Å²) >= 11 is 6.41. The molecule has 2 heterocycles. The Hall–Kier alpha value is -3.38. The molecule has 0 N–H and O–H groups in total. The zero-order valence-electron chi connectivity index (χ0n) is 15.7. The standard InChI is InChI=1S/C22H18ClN3O3/c1-15-20(21(23)26(24-15)13-16-8-4-2-5-9-16)22(27)28-14-18-12-19(29-25-18)17-10-6-3-7-11-17/h2-12H,13-14H2,1H3. The van der Waals surface area contributed by atoms with Crippen LogP contribution in [0.5, 0.6) is 0 Å². The van der Waals surface area contributed by atoms with Gasteiger partial charge in [-0.2, -0.15) is 5.10 Å². The van der Waals surface area contributed by atoms with Gasteiger partial charge < -0.3 is 9.26 Å². The molecule has 0 radical (unpaired) electrons. The van der Waals surface area contributed by atoms with Crippen molar-refractivity contribution >= 4 is 17.6 Å². The number of hydrogen-bond donors (Lipinski definition) is 0. The normalized spacial score (nSPS) is 10.8. The van der Waals surface area contributed by atoms with E-state index in [1.165, 1.54) is 0 Å². The van der Waals surface area contributed by atoms with E-state index in [-0.39, 0.29) is 17.3 Å². The maximum absolute atomic E-state index is 12.6. The first-order valence-corrected chi connectivity index (χ1v) is 9.44. The average Bonchev–Trinajstić information content (AvgIpc) is 3.32. The van der Waals surface area contributed by atoms with Crippen molar-refractivity contribution in [3.63, 3.8) is 0 Å². The number of aromatic nitrogens is 3. The van der Waals surface area contributed by atoms with Gasteiger partial charge in [0.15, 0.2) is 5.76 Å².